The number of benzene rings is 1. The molecule has 1 aliphatic heterocycles. The van der Waals surface area contributed by atoms with Gasteiger partial charge in [-0.1, -0.05) is 18.3 Å². The molecule has 0 fully saturated rings. The fourth-order valence-electron chi connectivity index (χ4n) is 2.01. The molecule has 0 saturated heterocycles. The average molecular weight is 266 g/mol. The molecule has 0 aliphatic carbocycles. The Hall–Kier alpha value is -1.49. The molecule has 1 aromatic rings. The van der Waals surface area contributed by atoms with E-state index < -0.39 is 5.41 Å². The van der Waals surface area contributed by atoms with Crippen LogP contribution >= 0.6 is 12.2 Å². The minimum atomic E-state index is -0.913. The number of anilines is 1. The maximum absolute atomic E-state index is 13.3. The van der Waals surface area contributed by atoms with Crippen LogP contribution in [0.4, 0.5) is 10.1 Å². The van der Waals surface area contributed by atoms with Gasteiger partial charge in [-0.05, 0) is 38.0 Å². The van der Waals surface area contributed by atoms with Crippen LogP contribution in [0.5, 0.6) is 0 Å². The highest BCUT2D eigenvalue weighted by atomic mass is 32.1. The van der Waals surface area contributed by atoms with Crippen molar-refractivity contribution in [3.05, 3.63) is 29.6 Å². The van der Waals surface area contributed by atoms with Crippen LogP contribution in [-0.4, -0.2) is 17.4 Å². The normalized spacial score (nSPS) is 14.5. The molecule has 5 heteroatoms. The molecular weight excluding hydrogens is 251 g/mol. The summed E-state index contributed by atoms with van der Waals surface area (Å²) in [6.07, 6.45) is 0.731. The Morgan fingerprint density at radius 2 is 2.17 bits per heavy atom. The lowest BCUT2D eigenvalue weighted by Crippen LogP contribution is -2.46. The summed E-state index contributed by atoms with van der Waals surface area (Å²) in [6, 6.07) is 4.51. The van der Waals surface area contributed by atoms with E-state index in [1.54, 1.807) is 24.8 Å². The van der Waals surface area contributed by atoms with Gasteiger partial charge >= 0.3 is 0 Å². The van der Waals surface area contributed by atoms with Gasteiger partial charge < -0.3 is 10.6 Å². The smallest absolute Gasteiger partial charge is 0.239 e. The summed E-state index contributed by atoms with van der Waals surface area (Å²) in [5.41, 5.74) is 6.29. The van der Waals surface area contributed by atoms with E-state index in [0.717, 1.165) is 12.0 Å². The van der Waals surface area contributed by atoms with Gasteiger partial charge in [-0.3, -0.25) is 4.79 Å². The van der Waals surface area contributed by atoms with Gasteiger partial charge in [-0.2, -0.15) is 0 Å². The topological polar surface area (TPSA) is 46.3 Å². The molecule has 1 heterocycles. The molecule has 2 rings (SSSR count). The minimum Gasteiger partial charge on any atom is -0.392 e. The number of nitrogens with two attached hydrogens (primary N) is 1. The second-order valence-electron chi connectivity index (χ2n) is 4.97. The Morgan fingerprint density at radius 1 is 1.50 bits per heavy atom. The molecule has 0 aromatic heterocycles. The molecule has 0 spiro atoms. The van der Waals surface area contributed by atoms with Crippen LogP contribution in [0, 0.1) is 11.2 Å². The number of carbonyl (C=O) groups is 1. The SMILES string of the molecule is CC(C)(C(=O)N1CCc2ccc(F)cc21)C(N)=S. The molecule has 1 aromatic carbocycles. The number of carbonyl (C=O) groups excluding carboxylic acids is 1. The van der Waals surface area contributed by atoms with Gasteiger partial charge in [-0.15, -0.1) is 0 Å². The van der Waals surface area contributed by atoms with Crippen molar-refractivity contribution in [3.8, 4) is 0 Å². The van der Waals surface area contributed by atoms with Crippen molar-refractivity contribution >= 4 is 28.8 Å². The molecule has 3 nitrogen and oxygen atoms in total. The van der Waals surface area contributed by atoms with E-state index in [2.05, 4.69) is 0 Å². The first-order valence-electron chi connectivity index (χ1n) is 5.74. The third kappa shape index (κ3) is 1.99. The summed E-state index contributed by atoms with van der Waals surface area (Å²) in [4.78, 5) is 14.1. The van der Waals surface area contributed by atoms with Crippen LogP contribution in [0.25, 0.3) is 0 Å². The van der Waals surface area contributed by atoms with E-state index in [9.17, 15) is 9.18 Å². The third-order valence-electron chi connectivity index (χ3n) is 3.34. The van der Waals surface area contributed by atoms with Crippen molar-refractivity contribution in [3.63, 3.8) is 0 Å². The van der Waals surface area contributed by atoms with Crippen molar-refractivity contribution in [2.75, 3.05) is 11.4 Å². The third-order valence-corrected chi connectivity index (χ3v) is 3.85. The number of hydrogen-bond acceptors (Lipinski definition) is 2. The molecule has 0 unspecified atom stereocenters. The number of halogens is 1. The lowest BCUT2D eigenvalue weighted by atomic mass is 9.91. The standard InChI is InChI=1S/C13H15FN2OS/c1-13(2,11(15)18)12(17)16-6-5-8-3-4-9(14)7-10(8)16/h3-4,7H,5-6H2,1-2H3,(H2,15,18). The van der Waals surface area contributed by atoms with Crippen LogP contribution < -0.4 is 10.6 Å². The summed E-state index contributed by atoms with van der Waals surface area (Å²) in [7, 11) is 0. The monoisotopic (exact) mass is 266 g/mol. The number of nitrogens with zero attached hydrogens (tertiary/aromatic N) is 1. The van der Waals surface area contributed by atoms with Crippen molar-refractivity contribution in [1.82, 2.24) is 0 Å². The van der Waals surface area contributed by atoms with Crippen molar-refractivity contribution in [2.24, 2.45) is 11.1 Å². The first kappa shape index (κ1) is 13.0. The summed E-state index contributed by atoms with van der Waals surface area (Å²) in [5, 5.41) is 0. The van der Waals surface area contributed by atoms with E-state index in [1.165, 1.54) is 12.1 Å². The van der Waals surface area contributed by atoms with Crippen LogP contribution in [0.2, 0.25) is 0 Å². The highest BCUT2D eigenvalue weighted by Crippen LogP contribution is 2.32. The number of hydrogen-bond donors (Lipinski definition) is 1. The number of thiocarbonyl (C=S) groups is 1. The molecule has 0 bridgehead atoms. The fraction of sp³-hybridized carbons (Fsp3) is 0.385. The predicted octanol–water partition coefficient (Wildman–Crippen LogP) is 2.03. The Bertz CT molecular complexity index is 528. The summed E-state index contributed by atoms with van der Waals surface area (Å²) < 4.78 is 13.3. The number of fused-ring (bicyclic) bond motifs is 1. The zero-order valence-electron chi connectivity index (χ0n) is 10.4. The van der Waals surface area contributed by atoms with E-state index in [-0.39, 0.29) is 16.7 Å². The molecular formula is C13H15FN2OS. The number of rotatable bonds is 2. The van der Waals surface area contributed by atoms with Crippen molar-refractivity contribution in [2.45, 2.75) is 20.3 Å². The first-order valence-corrected chi connectivity index (χ1v) is 6.15. The molecule has 0 radical (unpaired) electrons. The fourth-order valence-corrected chi connectivity index (χ4v) is 2.09. The number of amides is 1. The van der Waals surface area contributed by atoms with Crippen LogP contribution in [-0.2, 0) is 11.2 Å². The lowest BCUT2D eigenvalue weighted by molar-refractivity contribution is -0.123. The predicted molar refractivity (Wildman–Crippen MR) is 73.0 cm³/mol. The largest absolute Gasteiger partial charge is 0.392 e. The van der Waals surface area contributed by atoms with Gasteiger partial charge in [0.25, 0.3) is 0 Å². The molecule has 1 amide bonds. The van der Waals surface area contributed by atoms with Crippen LogP contribution in [0.3, 0.4) is 0 Å². The Balaban J connectivity index is 2.37. The van der Waals surface area contributed by atoms with Gasteiger partial charge in [0, 0.05) is 12.2 Å². The summed E-state index contributed by atoms with van der Waals surface area (Å²) in [6.45, 7) is 3.92. The first-order chi connectivity index (χ1) is 8.34. The zero-order chi connectivity index (χ0) is 13.5. The van der Waals surface area contributed by atoms with E-state index in [4.69, 9.17) is 18.0 Å². The molecule has 96 valence electrons. The molecule has 1 aliphatic rings. The summed E-state index contributed by atoms with van der Waals surface area (Å²) >= 11 is 4.92. The summed E-state index contributed by atoms with van der Waals surface area (Å²) in [5.74, 6) is -0.527. The molecule has 2 N–H and O–H groups in total. The second-order valence-corrected chi connectivity index (χ2v) is 5.41. The zero-order valence-corrected chi connectivity index (χ0v) is 11.2. The Morgan fingerprint density at radius 3 is 2.78 bits per heavy atom. The highest BCUT2D eigenvalue weighted by molar-refractivity contribution is 7.80. The molecule has 0 saturated carbocycles. The quantitative estimate of drug-likeness (QED) is 0.833. The second kappa shape index (κ2) is 4.31. The Kier molecular flexibility index (Phi) is 3.11. The van der Waals surface area contributed by atoms with Gasteiger partial charge in [0.1, 0.15) is 5.82 Å². The molecule has 18 heavy (non-hydrogen) atoms. The highest BCUT2D eigenvalue weighted by Gasteiger charge is 2.37. The van der Waals surface area contributed by atoms with E-state index in [1.807, 2.05) is 0 Å². The van der Waals surface area contributed by atoms with Gasteiger partial charge in [0.15, 0.2) is 0 Å². The molecule has 0 atom stereocenters. The van der Waals surface area contributed by atoms with Crippen LogP contribution in [0.1, 0.15) is 19.4 Å². The van der Waals surface area contributed by atoms with E-state index in [0.29, 0.717) is 12.2 Å². The maximum atomic E-state index is 13.3. The van der Waals surface area contributed by atoms with Gasteiger partial charge in [0.2, 0.25) is 5.91 Å². The van der Waals surface area contributed by atoms with Gasteiger partial charge in [0.05, 0.1) is 10.4 Å². The van der Waals surface area contributed by atoms with Crippen LogP contribution in [0.15, 0.2) is 18.2 Å². The van der Waals surface area contributed by atoms with Crippen molar-refractivity contribution in [1.29, 1.82) is 0 Å². The van der Waals surface area contributed by atoms with Crippen molar-refractivity contribution < 1.29 is 9.18 Å². The minimum absolute atomic E-state index is 0.150. The average Bonchev–Trinajstić information content (AvgIpc) is 2.70. The van der Waals surface area contributed by atoms with E-state index >= 15 is 0 Å². The maximum Gasteiger partial charge on any atom is 0.239 e. The van der Waals surface area contributed by atoms with Gasteiger partial charge in [-0.25, -0.2) is 4.39 Å². The Labute approximate surface area is 111 Å². The lowest BCUT2D eigenvalue weighted by Gasteiger charge is -2.28.